The number of non-ortho nitro benzene ring substituents is 1. The highest BCUT2D eigenvalue weighted by Gasteiger charge is 2.36. The lowest BCUT2D eigenvalue weighted by Gasteiger charge is -2.38. The van der Waals surface area contributed by atoms with Crippen molar-refractivity contribution in [3.8, 4) is 0 Å². The fraction of sp³-hybridized carbons (Fsp3) is 0.421. The summed E-state index contributed by atoms with van der Waals surface area (Å²) < 4.78 is 2.17. The quantitative estimate of drug-likeness (QED) is 0.635. The first-order valence-electron chi connectivity index (χ1n) is 8.85. The van der Waals surface area contributed by atoms with Crippen LogP contribution in [0.5, 0.6) is 0 Å². The molecule has 0 bridgehead atoms. The summed E-state index contributed by atoms with van der Waals surface area (Å²) >= 11 is 0. The number of benzene rings is 1. The average molecular weight is 339 g/mol. The normalized spacial score (nSPS) is 20.5. The second-order valence-electron chi connectivity index (χ2n) is 6.89. The Hall–Kier alpha value is -2.63. The third-order valence-electron chi connectivity index (χ3n) is 5.45. The Bertz CT molecular complexity index is 791. The number of nitro benzene ring substituents is 1. The van der Waals surface area contributed by atoms with E-state index in [1.54, 1.807) is 12.1 Å². The zero-order valence-corrected chi connectivity index (χ0v) is 14.0. The standard InChI is InChI=1S/C19H21N3O3/c23-19(15-4-1-2-5-15)21-13-12-20-11-3-6-17(20)18(21)14-7-9-16(10-8-14)22(24)25/h3,6-11,15,18H,1-2,4-5,12-13H2. The molecule has 1 aliphatic carbocycles. The maximum absolute atomic E-state index is 13.1. The van der Waals surface area contributed by atoms with E-state index in [9.17, 15) is 14.9 Å². The predicted molar refractivity (Wildman–Crippen MR) is 93.0 cm³/mol. The van der Waals surface area contributed by atoms with Gasteiger partial charge in [-0.15, -0.1) is 0 Å². The van der Waals surface area contributed by atoms with Crippen LogP contribution in [0.2, 0.25) is 0 Å². The number of fused-ring (bicyclic) bond motifs is 1. The van der Waals surface area contributed by atoms with E-state index in [2.05, 4.69) is 4.57 Å². The maximum atomic E-state index is 13.1. The number of carbonyl (C=O) groups is 1. The molecular weight excluding hydrogens is 318 g/mol. The molecule has 1 aliphatic heterocycles. The molecule has 6 nitrogen and oxygen atoms in total. The van der Waals surface area contributed by atoms with Gasteiger partial charge in [-0.25, -0.2) is 0 Å². The molecule has 1 aromatic carbocycles. The number of hydrogen-bond acceptors (Lipinski definition) is 3. The second kappa shape index (κ2) is 6.35. The molecule has 1 unspecified atom stereocenters. The van der Waals surface area contributed by atoms with Crippen molar-refractivity contribution in [3.63, 3.8) is 0 Å². The lowest BCUT2D eigenvalue weighted by atomic mass is 9.97. The van der Waals surface area contributed by atoms with Gasteiger partial charge in [0.05, 0.1) is 11.0 Å². The zero-order valence-electron chi connectivity index (χ0n) is 14.0. The predicted octanol–water partition coefficient (Wildman–Crippen LogP) is 3.52. The van der Waals surface area contributed by atoms with Gasteiger partial charge in [0, 0.05) is 43.0 Å². The first-order chi connectivity index (χ1) is 12.1. The summed E-state index contributed by atoms with van der Waals surface area (Å²) in [7, 11) is 0. The fourth-order valence-corrected chi connectivity index (χ4v) is 4.16. The number of amides is 1. The highest BCUT2D eigenvalue weighted by Crippen LogP contribution is 2.36. The molecule has 1 amide bonds. The Morgan fingerprint density at radius 2 is 1.80 bits per heavy atom. The van der Waals surface area contributed by atoms with Gasteiger partial charge in [-0.1, -0.05) is 12.8 Å². The van der Waals surface area contributed by atoms with Crippen molar-refractivity contribution in [3.05, 3.63) is 64.0 Å². The Balaban J connectivity index is 1.71. The van der Waals surface area contributed by atoms with Crippen LogP contribution >= 0.6 is 0 Å². The van der Waals surface area contributed by atoms with Gasteiger partial charge in [0.2, 0.25) is 5.91 Å². The highest BCUT2D eigenvalue weighted by atomic mass is 16.6. The highest BCUT2D eigenvalue weighted by molar-refractivity contribution is 5.80. The van der Waals surface area contributed by atoms with Crippen molar-refractivity contribution in [2.75, 3.05) is 6.54 Å². The maximum Gasteiger partial charge on any atom is 0.269 e. The summed E-state index contributed by atoms with van der Waals surface area (Å²) in [5.74, 6) is 0.357. The molecular formula is C19H21N3O3. The van der Waals surface area contributed by atoms with Crippen LogP contribution in [0.4, 0.5) is 5.69 Å². The molecule has 2 aliphatic rings. The van der Waals surface area contributed by atoms with Gasteiger partial charge in [0.25, 0.3) is 5.69 Å². The van der Waals surface area contributed by atoms with Gasteiger partial charge >= 0.3 is 0 Å². The summed E-state index contributed by atoms with van der Waals surface area (Å²) in [5, 5.41) is 10.9. The van der Waals surface area contributed by atoms with E-state index in [-0.39, 0.29) is 23.6 Å². The average Bonchev–Trinajstić information content (AvgIpc) is 3.31. The van der Waals surface area contributed by atoms with Gasteiger partial charge in [-0.3, -0.25) is 14.9 Å². The number of hydrogen-bond donors (Lipinski definition) is 0. The van der Waals surface area contributed by atoms with E-state index in [0.717, 1.165) is 43.5 Å². The summed E-state index contributed by atoms with van der Waals surface area (Å²) in [4.78, 5) is 25.6. The molecule has 0 saturated heterocycles. The summed E-state index contributed by atoms with van der Waals surface area (Å²) in [6.45, 7) is 1.48. The number of nitrogens with zero attached hydrogens (tertiary/aromatic N) is 3. The molecule has 2 heterocycles. The van der Waals surface area contributed by atoms with Crippen molar-refractivity contribution in [1.82, 2.24) is 9.47 Å². The molecule has 130 valence electrons. The lowest BCUT2D eigenvalue weighted by molar-refractivity contribution is -0.384. The van der Waals surface area contributed by atoms with E-state index in [1.165, 1.54) is 12.1 Å². The number of rotatable bonds is 3. The van der Waals surface area contributed by atoms with E-state index >= 15 is 0 Å². The van der Waals surface area contributed by atoms with Crippen LogP contribution in [-0.2, 0) is 11.3 Å². The van der Waals surface area contributed by atoms with Crippen molar-refractivity contribution >= 4 is 11.6 Å². The number of aromatic nitrogens is 1. The molecule has 0 radical (unpaired) electrons. The number of carbonyl (C=O) groups excluding carboxylic acids is 1. The fourth-order valence-electron chi connectivity index (χ4n) is 4.16. The first-order valence-corrected chi connectivity index (χ1v) is 8.85. The largest absolute Gasteiger partial charge is 0.348 e. The zero-order chi connectivity index (χ0) is 17.4. The van der Waals surface area contributed by atoms with Crippen LogP contribution < -0.4 is 0 Å². The SMILES string of the molecule is O=C(C1CCCC1)N1CCn2cccc2C1c1ccc([N+](=O)[O-])cc1. The number of nitro groups is 1. The van der Waals surface area contributed by atoms with Gasteiger partial charge in [-0.2, -0.15) is 0 Å². The molecule has 1 saturated carbocycles. The minimum absolute atomic E-state index is 0.0728. The van der Waals surface area contributed by atoms with Gasteiger partial charge < -0.3 is 9.47 Å². The summed E-state index contributed by atoms with van der Waals surface area (Å²) in [5.41, 5.74) is 2.08. The van der Waals surface area contributed by atoms with Crippen molar-refractivity contribution in [2.45, 2.75) is 38.3 Å². The summed E-state index contributed by atoms with van der Waals surface area (Å²) in [6, 6.07) is 10.5. The van der Waals surface area contributed by atoms with Gasteiger partial charge in [-0.05, 0) is 42.7 Å². The van der Waals surface area contributed by atoms with Crippen LogP contribution in [0.15, 0.2) is 42.6 Å². The topological polar surface area (TPSA) is 68.4 Å². The molecule has 2 aromatic rings. The smallest absolute Gasteiger partial charge is 0.269 e. The molecule has 0 spiro atoms. The van der Waals surface area contributed by atoms with Crippen LogP contribution in [0.25, 0.3) is 0 Å². The lowest BCUT2D eigenvalue weighted by Crippen LogP contribution is -2.44. The minimum atomic E-state index is -0.394. The molecule has 1 aromatic heterocycles. The Morgan fingerprint density at radius 3 is 2.48 bits per heavy atom. The van der Waals surface area contributed by atoms with E-state index in [0.29, 0.717) is 6.54 Å². The van der Waals surface area contributed by atoms with Crippen molar-refractivity contribution < 1.29 is 9.72 Å². The molecule has 0 N–H and O–H groups in total. The monoisotopic (exact) mass is 339 g/mol. The van der Waals surface area contributed by atoms with Gasteiger partial charge in [0.1, 0.15) is 0 Å². The molecule has 25 heavy (non-hydrogen) atoms. The Morgan fingerprint density at radius 1 is 1.08 bits per heavy atom. The van der Waals surface area contributed by atoms with Crippen LogP contribution in [0.3, 0.4) is 0 Å². The third kappa shape index (κ3) is 2.81. The molecule has 1 atom stereocenters. The third-order valence-corrected chi connectivity index (χ3v) is 5.45. The Labute approximate surface area is 146 Å². The van der Waals surface area contributed by atoms with Crippen LogP contribution in [0, 0.1) is 16.0 Å². The van der Waals surface area contributed by atoms with E-state index < -0.39 is 4.92 Å². The van der Waals surface area contributed by atoms with Crippen molar-refractivity contribution in [2.24, 2.45) is 5.92 Å². The molecule has 6 heteroatoms. The van der Waals surface area contributed by atoms with Crippen molar-refractivity contribution in [1.29, 1.82) is 0 Å². The molecule has 4 rings (SSSR count). The van der Waals surface area contributed by atoms with Crippen LogP contribution in [-0.4, -0.2) is 26.8 Å². The van der Waals surface area contributed by atoms with Crippen LogP contribution in [0.1, 0.15) is 43.0 Å². The van der Waals surface area contributed by atoms with Gasteiger partial charge in [0.15, 0.2) is 0 Å². The second-order valence-corrected chi connectivity index (χ2v) is 6.89. The Kier molecular flexibility index (Phi) is 4.03. The molecule has 1 fully saturated rings. The summed E-state index contributed by atoms with van der Waals surface area (Å²) in [6.07, 6.45) is 6.24. The first kappa shape index (κ1) is 15.9. The van der Waals surface area contributed by atoms with E-state index in [1.807, 2.05) is 23.2 Å². The minimum Gasteiger partial charge on any atom is -0.348 e. The van der Waals surface area contributed by atoms with E-state index in [4.69, 9.17) is 0 Å².